The highest BCUT2D eigenvalue weighted by atomic mass is 127. The predicted octanol–water partition coefficient (Wildman–Crippen LogP) is 2.93. The minimum absolute atomic E-state index is 0. The summed E-state index contributed by atoms with van der Waals surface area (Å²) in [6, 6.07) is 9.88. The number of nitrogens with zero attached hydrogens (tertiary/aromatic N) is 2. The van der Waals surface area contributed by atoms with Gasteiger partial charge in [-0.1, -0.05) is 18.2 Å². The van der Waals surface area contributed by atoms with E-state index in [4.69, 9.17) is 0 Å². The third-order valence-electron chi connectivity index (χ3n) is 5.08. The summed E-state index contributed by atoms with van der Waals surface area (Å²) in [5, 5.41) is 0. The summed E-state index contributed by atoms with van der Waals surface area (Å²) in [7, 11) is 0. The fraction of sp³-hybridized carbons (Fsp3) is 0.368. The first-order chi connectivity index (χ1) is 11.6. The lowest BCUT2D eigenvalue weighted by Crippen LogP contribution is -2.41. The molecule has 5 nitrogen and oxygen atoms in total. The zero-order chi connectivity index (χ0) is 16.7. The number of carbonyl (C=O) groups excluding carboxylic acids is 1. The number of aryl methyl sites for hydroxylation is 1. The number of carbonyl (C=O) groups is 1. The molecule has 2 aromatic rings. The molecular formula is C19H22IN3O2. The van der Waals surface area contributed by atoms with Gasteiger partial charge < -0.3 is 9.88 Å². The maximum absolute atomic E-state index is 13.1. The van der Waals surface area contributed by atoms with Crippen LogP contribution in [0.25, 0.3) is 0 Å². The average Bonchev–Trinajstić information content (AvgIpc) is 2.93. The molecule has 1 unspecified atom stereocenters. The van der Waals surface area contributed by atoms with E-state index in [0.29, 0.717) is 12.6 Å². The van der Waals surface area contributed by atoms with Crippen molar-refractivity contribution in [2.24, 2.45) is 0 Å². The second kappa shape index (κ2) is 7.29. The van der Waals surface area contributed by atoms with Gasteiger partial charge in [0, 0.05) is 42.8 Å². The number of aromatic amines is 1. The highest BCUT2D eigenvalue weighted by Crippen LogP contribution is 2.32. The largest absolute Gasteiger partial charge is 0.364 e. The van der Waals surface area contributed by atoms with Crippen molar-refractivity contribution in [1.82, 2.24) is 9.88 Å². The van der Waals surface area contributed by atoms with Crippen LogP contribution in [0, 0.1) is 6.92 Å². The zero-order valence-electron chi connectivity index (χ0n) is 14.2. The van der Waals surface area contributed by atoms with Gasteiger partial charge in [-0.05, 0) is 37.9 Å². The first-order valence-electron chi connectivity index (χ1n) is 8.46. The Morgan fingerprint density at radius 2 is 2.08 bits per heavy atom. The van der Waals surface area contributed by atoms with E-state index in [1.54, 1.807) is 11.1 Å². The Balaban J connectivity index is 0.00000182. The van der Waals surface area contributed by atoms with Crippen molar-refractivity contribution >= 4 is 35.6 Å². The van der Waals surface area contributed by atoms with Crippen molar-refractivity contribution in [3.8, 4) is 0 Å². The molecule has 0 bridgehead atoms. The molecule has 25 heavy (non-hydrogen) atoms. The number of anilines is 1. The number of H-pyrrole nitrogens is 1. The molecule has 2 aliphatic rings. The summed E-state index contributed by atoms with van der Waals surface area (Å²) < 4.78 is 0. The predicted molar refractivity (Wildman–Crippen MR) is 109 cm³/mol. The molecule has 1 amide bonds. The van der Waals surface area contributed by atoms with Crippen LogP contribution in [-0.2, 0) is 6.54 Å². The van der Waals surface area contributed by atoms with Gasteiger partial charge in [0.25, 0.3) is 5.91 Å². The lowest BCUT2D eigenvalue weighted by atomic mass is 10.1. The van der Waals surface area contributed by atoms with Crippen LogP contribution in [0.15, 0.2) is 41.3 Å². The Hall–Kier alpha value is -1.67. The lowest BCUT2D eigenvalue weighted by molar-refractivity contribution is 0.0979. The molecule has 0 saturated carbocycles. The number of hydrogen-bond donors (Lipinski definition) is 1. The Kier molecular flexibility index (Phi) is 5.29. The molecule has 1 N–H and O–H groups in total. The van der Waals surface area contributed by atoms with E-state index in [1.807, 2.05) is 25.1 Å². The smallest absolute Gasteiger partial charge is 0.263 e. The normalized spacial score (nSPS) is 19.6. The van der Waals surface area contributed by atoms with Gasteiger partial charge in [-0.2, -0.15) is 0 Å². The van der Waals surface area contributed by atoms with E-state index in [-0.39, 0.29) is 40.9 Å². The van der Waals surface area contributed by atoms with Crippen LogP contribution in [0.1, 0.15) is 34.5 Å². The topological polar surface area (TPSA) is 56.4 Å². The molecule has 6 heteroatoms. The molecule has 0 spiro atoms. The molecule has 1 atom stereocenters. The van der Waals surface area contributed by atoms with Crippen molar-refractivity contribution in [1.29, 1.82) is 0 Å². The third-order valence-corrected chi connectivity index (χ3v) is 5.08. The number of hydrogen-bond acceptors (Lipinski definition) is 3. The van der Waals surface area contributed by atoms with Crippen LogP contribution in [0.5, 0.6) is 0 Å². The van der Waals surface area contributed by atoms with Crippen molar-refractivity contribution in [2.45, 2.75) is 32.4 Å². The number of pyridine rings is 1. The summed E-state index contributed by atoms with van der Waals surface area (Å²) in [6.07, 6.45) is 3.81. The Morgan fingerprint density at radius 1 is 1.28 bits per heavy atom. The van der Waals surface area contributed by atoms with E-state index in [1.165, 1.54) is 12.5 Å². The van der Waals surface area contributed by atoms with E-state index >= 15 is 0 Å². The van der Waals surface area contributed by atoms with Crippen LogP contribution in [-0.4, -0.2) is 34.9 Å². The number of nitrogens with one attached hydrogen (secondary N) is 1. The van der Waals surface area contributed by atoms with Gasteiger partial charge in [-0.3, -0.25) is 14.5 Å². The maximum atomic E-state index is 13.1. The number of para-hydroxylation sites is 1. The van der Waals surface area contributed by atoms with Crippen LogP contribution in [0.3, 0.4) is 0 Å². The van der Waals surface area contributed by atoms with Crippen molar-refractivity contribution in [2.75, 3.05) is 18.0 Å². The molecule has 1 aromatic carbocycles. The maximum Gasteiger partial charge on any atom is 0.263 e. The summed E-state index contributed by atoms with van der Waals surface area (Å²) in [5.41, 5.74) is 2.83. The van der Waals surface area contributed by atoms with E-state index in [2.05, 4.69) is 16.0 Å². The second-order valence-corrected chi connectivity index (χ2v) is 6.70. The zero-order valence-corrected chi connectivity index (χ0v) is 16.5. The molecule has 0 aliphatic carbocycles. The number of halogens is 1. The molecule has 1 saturated heterocycles. The summed E-state index contributed by atoms with van der Waals surface area (Å²) >= 11 is 0. The molecule has 132 valence electrons. The Labute approximate surface area is 164 Å². The van der Waals surface area contributed by atoms with Crippen molar-refractivity contribution in [3.63, 3.8) is 0 Å². The molecule has 1 aromatic heterocycles. The standard InChI is InChI=1S/C19H21N3O2.HI/c1-13-9-18(23)16(10-20-13)19(24)22-12-15-6-4-8-21(15)11-14-5-2-3-7-17(14)22;/h2-3,5,7,9-10,15H,4,6,8,11-12H2,1H3,(H,20,23);1H. The Bertz CT molecular complexity index is 849. The van der Waals surface area contributed by atoms with Gasteiger partial charge in [-0.25, -0.2) is 0 Å². The Morgan fingerprint density at radius 3 is 2.88 bits per heavy atom. The number of fused-ring (bicyclic) bond motifs is 2. The highest BCUT2D eigenvalue weighted by Gasteiger charge is 2.34. The summed E-state index contributed by atoms with van der Waals surface area (Å²) in [6.45, 7) is 4.40. The lowest BCUT2D eigenvalue weighted by Gasteiger charge is -2.26. The van der Waals surface area contributed by atoms with Gasteiger partial charge in [0.05, 0.1) is 0 Å². The van der Waals surface area contributed by atoms with Crippen molar-refractivity contribution < 1.29 is 4.79 Å². The fourth-order valence-corrected chi connectivity index (χ4v) is 3.82. The van der Waals surface area contributed by atoms with Crippen LogP contribution in [0.4, 0.5) is 5.69 Å². The van der Waals surface area contributed by atoms with Crippen LogP contribution < -0.4 is 10.3 Å². The number of aromatic nitrogens is 1. The molecule has 4 rings (SSSR count). The highest BCUT2D eigenvalue weighted by molar-refractivity contribution is 14.0. The molecular weight excluding hydrogens is 429 g/mol. The van der Waals surface area contributed by atoms with Gasteiger partial charge in [0.2, 0.25) is 0 Å². The fourth-order valence-electron chi connectivity index (χ4n) is 3.82. The first kappa shape index (κ1) is 18.1. The quantitative estimate of drug-likeness (QED) is 0.679. The molecule has 0 radical (unpaired) electrons. The van der Waals surface area contributed by atoms with Crippen LogP contribution >= 0.6 is 24.0 Å². The second-order valence-electron chi connectivity index (χ2n) is 6.70. The number of rotatable bonds is 1. The van der Waals surface area contributed by atoms with Gasteiger partial charge in [-0.15, -0.1) is 24.0 Å². The molecule has 3 heterocycles. The van der Waals surface area contributed by atoms with E-state index < -0.39 is 0 Å². The summed E-state index contributed by atoms with van der Waals surface area (Å²) in [5.74, 6) is -0.211. The first-order valence-corrected chi connectivity index (χ1v) is 8.46. The number of amides is 1. The molecule has 2 aliphatic heterocycles. The van der Waals surface area contributed by atoms with Gasteiger partial charge >= 0.3 is 0 Å². The minimum atomic E-state index is -0.221. The number of benzene rings is 1. The van der Waals surface area contributed by atoms with E-state index in [9.17, 15) is 9.59 Å². The SMILES string of the molecule is Cc1cc(=O)c(C(=O)N2CC3CCCN3Cc3ccccc32)c[nH]1.I. The van der Waals surface area contributed by atoms with Crippen LogP contribution in [0.2, 0.25) is 0 Å². The molecule has 1 fully saturated rings. The monoisotopic (exact) mass is 451 g/mol. The average molecular weight is 451 g/mol. The third kappa shape index (κ3) is 3.37. The van der Waals surface area contributed by atoms with Crippen molar-refractivity contribution in [3.05, 3.63) is 63.6 Å². The van der Waals surface area contributed by atoms with E-state index in [0.717, 1.165) is 36.5 Å². The van der Waals surface area contributed by atoms with Gasteiger partial charge in [0.1, 0.15) is 5.56 Å². The van der Waals surface area contributed by atoms with Gasteiger partial charge in [0.15, 0.2) is 5.43 Å². The summed E-state index contributed by atoms with van der Waals surface area (Å²) in [4.78, 5) is 32.6. The minimum Gasteiger partial charge on any atom is -0.364 e.